The van der Waals surface area contributed by atoms with Crippen molar-refractivity contribution in [1.82, 2.24) is 9.13 Å². The standard InChI is InChI=1S/C13H11ClN2O3/c14-7-9-15-8-6-11(17)16(13(15)19)12(18)10-4-2-1-3-5-10/h1-6,8H,7,9H2. The molecule has 0 N–H and O–H groups in total. The van der Waals surface area contributed by atoms with Crippen LogP contribution in [0.2, 0.25) is 0 Å². The van der Waals surface area contributed by atoms with Crippen LogP contribution in [0, 0.1) is 0 Å². The lowest BCUT2D eigenvalue weighted by Crippen LogP contribution is -2.43. The number of halogens is 1. The van der Waals surface area contributed by atoms with Crippen molar-refractivity contribution in [2.75, 3.05) is 5.88 Å². The summed E-state index contributed by atoms with van der Waals surface area (Å²) < 4.78 is 1.84. The molecule has 0 bridgehead atoms. The molecule has 0 unspecified atom stereocenters. The van der Waals surface area contributed by atoms with Gasteiger partial charge in [-0.25, -0.2) is 4.79 Å². The highest BCUT2D eigenvalue weighted by molar-refractivity contribution is 6.17. The van der Waals surface area contributed by atoms with E-state index in [1.165, 1.54) is 16.8 Å². The van der Waals surface area contributed by atoms with E-state index in [9.17, 15) is 14.4 Å². The highest BCUT2D eigenvalue weighted by atomic mass is 35.5. The fourth-order valence-electron chi connectivity index (χ4n) is 1.67. The maximum Gasteiger partial charge on any atom is 0.338 e. The van der Waals surface area contributed by atoms with Crippen LogP contribution >= 0.6 is 11.6 Å². The van der Waals surface area contributed by atoms with Crippen LogP contribution in [0.15, 0.2) is 52.2 Å². The number of carbonyl (C=O) groups is 1. The molecule has 1 heterocycles. The molecule has 0 fully saturated rings. The average Bonchev–Trinajstić information content (AvgIpc) is 2.43. The Hall–Kier alpha value is -2.14. The summed E-state index contributed by atoms with van der Waals surface area (Å²) in [5.74, 6) is -0.419. The van der Waals surface area contributed by atoms with Crippen LogP contribution in [0.1, 0.15) is 10.4 Å². The Morgan fingerprint density at radius 2 is 1.79 bits per heavy atom. The minimum Gasteiger partial charge on any atom is -0.299 e. The number of aryl methyl sites for hydroxylation is 1. The molecule has 0 aliphatic heterocycles. The van der Waals surface area contributed by atoms with E-state index in [-0.39, 0.29) is 18.0 Å². The molecule has 1 aromatic heterocycles. The zero-order valence-corrected chi connectivity index (χ0v) is 10.7. The number of aromatic nitrogens is 2. The Kier molecular flexibility index (Phi) is 3.97. The summed E-state index contributed by atoms with van der Waals surface area (Å²) in [6.07, 6.45) is 1.34. The molecule has 2 aromatic rings. The molecule has 1 aromatic carbocycles. The smallest absolute Gasteiger partial charge is 0.299 e. The molecule has 2 rings (SSSR count). The van der Waals surface area contributed by atoms with E-state index in [1.807, 2.05) is 0 Å². The quantitative estimate of drug-likeness (QED) is 0.785. The molecule has 0 amide bonds. The molecule has 19 heavy (non-hydrogen) atoms. The summed E-state index contributed by atoms with van der Waals surface area (Å²) in [6.45, 7) is 0.239. The predicted molar refractivity (Wildman–Crippen MR) is 71.9 cm³/mol. The molecule has 5 nitrogen and oxygen atoms in total. The Labute approximate surface area is 113 Å². The first kappa shape index (κ1) is 13.3. The zero-order valence-electron chi connectivity index (χ0n) is 9.95. The first-order valence-corrected chi connectivity index (χ1v) is 6.17. The van der Waals surface area contributed by atoms with E-state index in [2.05, 4.69) is 0 Å². The number of carbonyl (C=O) groups excluding carboxylic acids is 1. The summed E-state index contributed by atoms with van der Waals surface area (Å²) in [7, 11) is 0. The Morgan fingerprint density at radius 1 is 1.11 bits per heavy atom. The van der Waals surface area contributed by atoms with E-state index in [1.54, 1.807) is 30.3 Å². The number of hydrogen-bond donors (Lipinski definition) is 0. The van der Waals surface area contributed by atoms with Crippen LogP contribution in [0.4, 0.5) is 0 Å². The van der Waals surface area contributed by atoms with Gasteiger partial charge in [-0.15, -0.1) is 11.6 Å². The molecule has 98 valence electrons. The van der Waals surface area contributed by atoms with Crippen molar-refractivity contribution < 1.29 is 4.79 Å². The average molecular weight is 279 g/mol. The van der Waals surface area contributed by atoms with Gasteiger partial charge in [0.1, 0.15) is 0 Å². The van der Waals surface area contributed by atoms with Crippen molar-refractivity contribution in [3.05, 3.63) is 69.0 Å². The lowest BCUT2D eigenvalue weighted by molar-refractivity contribution is 0.0948. The molecule has 0 saturated heterocycles. The van der Waals surface area contributed by atoms with Crippen molar-refractivity contribution in [3.8, 4) is 0 Å². The van der Waals surface area contributed by atoms with Gasteiger partial charge in [0.15, 0.2) is 0 Å². The molecule has 0 aliphatic rings. The second-order valence-corrected chi connectivity index (χ2v) is 4.20. The highest BCUT2D eigenvalue weighted by Gasteiger charge is 2.14. The van der Waals surface area contributed by atoms with E-state index in [0.717, 1.165) is 0 Å². The number of benzene rings is 1. The molecular weight excluding hydrogens is 268 g/mol. The van der Waals surface area contributed by atoms with Gasteiger partial charge in [0.05, 0.1) is 0 Å². The van der Waals surface area contributed by atoms with Crippen LogP contribution in [0.5, 0.6) is 0 Å². The minimum atomic E-state index is -0.679. The van der Waals surface area contributed by atoms with Gasteiger partial charge in [0.25, 0.3) is 11.5 Å². The lowest BCUT2D eigenvalue weighted by atomic mass is 10.2. The molecule has 0 spiro atoms. The number of hydrogen-bond acceptors (Lipinski definition) is 3. The van der Waals surface area contributed by atoms with Crippen molar-refractivity contribution in [2.24, 2.45) is 0 Å². The largest absolute Gasteiger partial charge is 0.338 e. The van der Waals surface area contributed by atoms with E-state index < -0.39 is 17.2 Å². The topological polar surface area (TPSA) is 61.1 Å². The second-order valence-electron chi connectivity index (χ2n) is 3.83. The monoisotopic (exact) mass is 278 g/mol. The third kappa shape index (κ3) is 2.66. The molecule has 0 aliphatic carbocycles. The van der Waals surface area contributed by atoms with Gasteiger partial charge < -0.3 is 0 Å². The van der Waals surface area contributed by atoms with Gasteiger partial charge in [-0.2, -0.15) is 4.57 Å². The van der Waals surface area contributed by atoms with Gasteiger partial charge in [0, 0.05) is 30.3 Å². The van der Waals surface area contributed by atoms with Crippen LogP contribution in [-0.2, 0) is 6.54 Å². The van der Waals surface area contributed by atoms with Gasteiger partial charge in [-0.05, 0) is 12.1 Å². The Bertz CT molecular complexity index is 704. The summed E-state index contributed by atoms with van der Waals surface area (Å²) in [6, 6.07) is 9.35. The maximum absolute atomic E-state index is 12.2. The fourth-order valence-corrected chi connectivity index (χ4v) is 1.85. The number of rotatable bonds is 3. The third-order valence-corrected chi connectivity index (χ3v) is 2.77. The molecular formula is C13H11ClN2O3. The van der Waals surface area contributed by atoms with E-state index >= 15 is 0 Å². The number of alkyl halides is 1. The normalized spacial score (nSPS) is 10.4. The maximum atomic E-state index is 12.2. The SMILES string of the molecule is O=C(c1ccccc1)n1c(=O)ccn(CCCl)c1=O. The van der Waals surface area contributed by atoms with Gasteiger partial charge >= 0.3 is 5.69 Å². The first-order valence-electron chi connectivity index (χ1n) is 5.63. The molecule has 0 saturated carbocycles. The summed E-state index contributed by atoms with van der Waals surface area (Å²) >= 11 is 5.56. The molecule has 0 radical (unpaired) electrons. The number of nitrogens with zero attached hydrogens (tertiary/aromatic N) is 2. The minimum absolute atomic E-state index is 0.220. The summed E-state index contributed by atoms with van der Waals surface area (Å²) in [4.78, 5) is 35.9. The van der Waals surface area contributed by atoms with Crippen molar-refractivity contribution in [1.29, 1.82) is 0 Å². The van der Waals surface area contributed by atoms with Crippen molar-refractivity contribution in [3.63, 3.8) is 0 Å². The zero-order chi connectivity index (χ0) is 13.8. The summed E-state index contributed by atoms with van der Waals surface area (Å²) in [5, 5.41) is 0. The highest BCUT2D eigenvalue weighted by Crippen LogP contribution is 1.99. The third-order valence-electron chi connectivity index (χ3n) is 2.60. The molecule has 6 heteroatoms. The van der Waals surface area contributed by atoms with Gasteiger partial charge in [-0.3, -0.25) is 14.2 Å². The van der Waals surface area contributed by atoms with Crippen molar-refractivity contribution in [2.45, 2.75) is 6.54 Å². The fraction of sp³-hybridized carbons (Fsp3) is 0.154. The van der Waals surface area contributed by atoms with Gasteiger partial charge in [-0.1, -0.05) is 18.2 Å². The van der Waals surface area contributed by atoms with E-state index in [0.29, 0.717) is 4.57 Å². The van der Waals surface area contributed by atoms with Gasteiger partial charge in [0.2, 0.25) is 0 Å². The Balaban J connectivity index is 2.57. The van der Waals surface area contributed by atoms with E-state index in [4.69, 9.17) is 11.6 Å². The predicted octanol–water partition coefficient (Wildman–Crippen LogP) is 0.937. The van der Waals surface area contributed by atoms with Crippen molar-refractivity contribution >= 4 is 17.5 Å². The first-order chi connectivity index (χ1) is 9.15. The van der Waals surface area contributed by atoms with Crippen LogP contribution in [0.25, 0.3) is 0 Å². The molecule has 0 atom stereocenters. The van der Waals surface area contributed by atoms with Crippen LogP contribution in [0.3, 0.4) is 0 Å². The van der Waals surface area contributed by atoms with Crippen LogP contribution in [-0.4, -0.2) is 20.9 Å². The Morgan fingerprint density at radius 3 is 2.42 bits per heavy atom. The lowest BCUT2D eigenvalue weighted by Gasteiger charge is -2.07. The van der Waals surface area contributed by atoms with Crippen LogP contribution < -0.4 is 11.2 Å². The second kappa shape index (κ2) is 5.67. The summed E-state index contributed by atoms with van der Waals surface area (Å²) in [5.41, 5.74) is -1.04.